The van der Waals surface area contributed by atoms with E-state index < -0.39 is 0 Å². The van der Waals surface area contributed by atoms with Gasteiger partial charge in [0, 0.05) is 12.6 Å². The Morgan fingerprint density at radius 1 is 1.44 bits per heavy atom. The molecule has 4 atom stereocenters. The van der Waals surface area contributed by atoms with Crippen LogP contribution in [-0.2, 0) is 9.59 Å². The smallest absolute Gasteiger partial charge is 0.239 e. The molecule has 1 saturated carbocycles. The second kappa shape index (κ2) is 5.69. The Labute approximate surface area is 108 Å². The van der Waals surface area contributed by atoms with E-state index in [9.17, 15) is 9.59 Å². The van der Waals surface area contributed by atoms with Crippen LogP contribution < -0.4 is 16.0 Å². The predicted molar refractivity (Wildman–Crippen MR) is 68.9 cm³/mol. The average Bonchev–Trinajstić information content (AvgIpc) is 2.71. The van der Waals surface area contributed by atoms with E-state index >= 15 is 0 Å². The molecule has 2 amide bonds. The lowest BCUT2D eigenvalue weighted by molar-refractivity contribution is -0.127. The van der Waals surface area contributed by atoms with Gasteiger partial charge in [-0.2, -0.15) is 0 Å². The Hall–Kier alpha value is -1.10. The standard InChI is InChI=1S/C13H23N3O2/c1-3-9-4-5-10(8(9)2)16-13(18)11-6-15-12(17)7-14-11/h8-11,14H,3-7H2,1-2H3,(H,15,17)(H,16,18). The number of rotatable bonds is 3. The molecule has 2 aliphatic rings. The Balaban J connectivity index is 1.83. The van der Waals surface area contributed by atoms with Crippen molar-refractivity contribution in [1.82, 2.24) is 16.0 Å². The molecule has 0 aromatic carbocycles. The van der Waals surface area contributed by atoms with E-state index in [1.165, 1.54) is 12.8 Å². The van der Waals surface area contributed by atoms with E-state index in [0.717, 1.165) is 12.3 Å². The summed E-state index contributed by atoms with van der Waals surface area (Å²) in [4.78, 5) is 23.1. The quantitative estimate of drug-likeness (QED) is 0.664. The molecule has 4 unspecified atom stereocenters. The number of hydrogen-bond acceptors (Lipinski definition) is 3. The molecule has 0 bridgehead atoms. The van der Waals surface area contributed by atoms with Gasteiger partial charge in [-0.15, -0.1) is 0 Å². The highest BCUT2D eigenvalue weighted by Gasteiger charge is 2.34. The van der Waals surface area contributed by atoms with E-state index in [1.54, 1.807) is 0 Å². The second-order valence-electron chi connectivity index (χ2n) is 5.46. The largest absolute Gasteiger partial charge is 0.353 e. The van der Waals surface area contributed by atoms with Crippen molar-refractivity contribution >= 4 is 11.8 Å². The van der Waals surface area contributed by atoms with Crippen LogP contribution in [-0.4, -0.2) is 37.0 Å². The zero-order valence-electron chi connectivity index (χ0n) is 11.2. The van der Waals surface area contributed by atoms with Crippen LogP contribution in [0, 0.1) is 11.8 Å². The number of piperazine rings is 1. The second-order valence-corrected chi connectivity index (χ2v) is 5.46. The van der Waals surface area contributed by atoms with Gasteiger partial charge in [0.05, 0.1) is 6.54 Å². The van der Waals surface area contributed by atoms with E-state index in [0.29, 0.717) is 18.5 Å². The highest BCUT2D eigenvalue weighted by atomic mass is 16.2. The van der Waals surface area contributed by atoms with Crippen LogP contribution in [0.3, 0.4) is 0 Å². The van der Waals surface area contributed by atoms with Crippen LogP contribution >= 0.6 is 0 Å². The van der Waals surface area contributed by atoms with Crippen molar-refractivity contribution in [3.05, 3.63) is 0 Å². The number of carbonyl (C=O) groups is 2. The highest BCUT2D eigenvalue weighted by Crippen LogP contribution is 2.33. The third kappa shape index (κ3) is 2.83. The highest BCUT2D eigenvalue weighted by molar-refractivity contribution is 5.86. The van der Waals surface area contributed by atoms with Crippen LogP contribution in [0.2, 0.25) is 0 Å². The number of nitrogens with one attached hydrogen (secondary N) is 3. The fourth-order valence-corrected chi connectivity index (χ4v) is 3.06. The van der Waals surface area contributed by atoms with E-state index in [1.807, 2.05) is 0 Å². The van der Waals surface area contributed by atoms with Gasteiger partial charge in [-0.05, 0) is 24.7 Å². The molecule has 1 aliphatic heterocycles. The fourth-order valence-electron chi connectivity index (χ4n) is 3.06. The summed E-state index contributed by atoms with van der Waals surface area (Å²) in [5, 5.41) is 8.79. The molecule has 2 rings (SSSR count). The maximum Gasteiger partial charge on any atom is 0.239 e. The first-order valence-electron chi connectivity index (χ1n) is 6.92. The Bertz CT molecular complexity index is 322. The third-order valence-electron chi connectivity index (χ3n) is 4.41. The summed E-state index contributed by atoms with van der Waals surface area (Å²) < 4.78 is 0. The molecule has 5 heteroatoms. The zero-order chi connectivity index (χ0) is 13.1. The first kappa shape index (κ1) is 13.3. The topological polar surface area (TPSA) is 70.2 Å². The molecule has 102 valence electrons. The SMILES string of the molecule is CCC1CCC(NC(=O)C2CNC(=O)CN2)C1C. The Morgan fingerprint density at radius 2 is 2.22 bits per heavy atom. The van der Waals surface area contributed by atoms with Crippen molar-refractivity contribution < 1.29 is 9.59 Å². The summed E-state index contributed by atoms with van der Waals surface area (Å²) in [5.74, 6) is 1.26. The van der Waals surface area contributed by atoms with Crippen molar-refractivity contribution in [2.45, 2.75) is 45.2 Å². The minimum atomic E-state index is -0.282. The Kier molecular flexibility index (Phi) is 4.22. The first-order chi connectivity index (χ1) is 8.61. The van der Waals surface area contributed by atoms with Gasteiger partial charge < -0.3 is 10.6 Å². The molecular formula is C13H23N3O2. The lowest BCUT2D eigenvalue weighted by atomic mass is 9.93. The van der Waals surface area contributed by atoms with Crippen molar-refractivity contribution in [1.29, 1.82) is 0 Å². The monoisotopic (exact) mass is 253 g/mol. The van der Waals surface area contributed by atoms with Gasteiger partial charge in [0.25, 0.3) is 0 Å². The lowest BCUT2D eigenvalue weighted by Crippen LogP contribution is -2.59. The molecule has 3 N–H and O–H groups in total. The van der Waals surface area contributed by atoms with Crippen LogP contribution in [0.25, 0.3) is 0 Å². The molecule has 18 heavy (non-hydrogen) atoms. The molecular weight excluding hydrogens is 230 g/mol. The van der Waals surface area contributed by atoms with Crippen molar-refractivity contribution in [2.24, 2.45) is 11.8 Å². The van der Waals surface area contributed by atoms with Crippen LogP contribution in [0.4, 0.5) is 0 Å². The molecule has 1 saturated heterocycles. The lowest BCUT2D eigenvalue weighted by Gasteiger charge is -2.27. The normalized spacial score (nSPS) is 36.2. The summed E-state index contributed by atoms with van der Waals surface area (Å²) in [5.41, 5.74) is 0. The summed E-state index contributed by atoms with van der Waals surface area (Å²) in [6, 6.07) is 0.0115. The maximum atomic E-state index is 12.1. The van der Waals surface area contributed by atoms with E-state index in [4.69, 9.17) is 0 Å². The summed E-state index contributed by atoms with van der Waals surface area (Å²) >= 11 is 0. The van der Waals surface area contributed by atoms with E-state index in [-0.39, 0.29) is 24.4 Å². The molecule has 0 spiro atoms. The van der Waals surface area contributed by atoms with Crippen molar-refractivity contribution in [2.75, 3.05) is 13.1 Å². The van der Waals surface area contributed by atoms with Gasteiger partial charge in [0.2, 0.25) is 11.8 Å². The fraction of sp³-hybridized carbons (Fsp3) is 0.846. The molecule has 1 aliphatic carbocycles. The van der Waals surface area contributed by atoms with Crippen molar-refractivity contribution in [3.8, 4) is 0 Å². The van der Waals surface area contributed by atoms with Gasteiger partial charge in [-0.3, -0.25) is 14.9 Å². The van der Waals surface area contributed by atoms with Gasteiger partial charge in [-0.25, -0.2) is 0 Å². The minimum absolute atomic E-state index is 0.0172. The van der Waals surface area contributed by atoms with Gasteiger partial charge in [0.1, 0.15) is 6.04 Å². The summed E-state index contributed by atoms with van der Waals surface area (Å²) in [6.45, 7) is 5.06. The molecule has 0 aromatic heterocycles. The average molecular weight is 253 g/mol. The Morgan fingerprint density at radius 3 is 2.78 bits per heavy atom. The van der Waals surface area contributed by atoms with Gasteiger partial charge >= 0.3 is 0 Å². The zero-order valence-corrected chi connectivity index (χ0v) is 11.2. The molecule has 0 aromatic rings. The molecule has 0 radical (unpaired) electrons. The molecule has 1 heterocycles. The van der Waals surface area contributed by atoms with Crippen LogP contribution in [0.1, 0.15) is 33.1 Å². The van der Waals surface area contributed by atoms with Crippen LogP contribution in [0.15, 0.2) is 0 Å². The minimum Gasteiger partial charge on any atom is -0.353 e. The van der Waals surface area contributed by atoms with Crippen molar-refractivity contribution in [3.63, 3.8) is 0 Å². The van der Waals surface area contributed by atoms with Gasteiger partial charge in [0.15, 0.2) is 0 Å². The maximum absolute atomic E-state index is 12.1. The number of amides is 2. The molecule has 2 fully saturated rings. The predicted octanol–water partition coefficient (Wildman–Crippen LogP) is 0.0153. The van der Waals surface area contributed by atoms with Gasteiger partial charge in [-0.1, -0.05) is 20.3 Å². The first-order valence-corrected chi connectivity index (χ1v) is 6.92. The third-order valence-corrected chi connectivity index (χ3v) is 4.41. The number of carbonyl (C=O) groups excluding carboxylic acids is 2. The summed E-state index contributed by atoms with van der Waals surface area (Å²) in [6.07, 6.45) is 3.47. The molecule has 5 nitrogen and oxygen atoms in total. The van der Waals surface area contributed by atoms with Crippen LogP contribution in [0.5, 0.6) is 0 Å². The number of hydrogen-bond donors (Lipinski definition) is 3. The summed E-state index contributed by atoms with van der Waals surface area (Å²) in [7, 11) is 0. The van der Waals surface area contributed by atoms with E-state index in [2.05, 4.69) is 29.8 Å².